The molecule has 0 saturated carbocycles. The number of nitrogens with one attached hydrogen (secondary N) is 1. The van der Waals surface area contributed by atoms with E-state index in [4.69, 9.17) is 5.26 Å². The lowest BCUT2D eigenvalue weighted by Gasteiger charge is -2.30. The second-order valence-electron chi connectivity index (χ2n) is 4.23. The minimum absolute atomic E-state index is 0.0682. The number of pyridine rings is 1. The molecule has 1 aromatic heterocycles. The molecule has 1 aromatic rings. The van der Waals surface area contributed by atoms with Crippen molar-refractivity contribution in [2.24, 2.45) is 10.5 Å². The van der Waals surface area contributed by atoms with Crippen LogP contribution in [0, 0.1) is 5.41 Å². The van der Waals surface area contributed by atoms with Gasteiger partial charge in [0.15, 0.2) is 5.41 Å². The quantitative estimate of drug-likeness (QED) is 0.475. The Morgan fingerprint density at radius 3 is 2.79 bits per heavy atom. The van der Waals surface area contributed by atoms with Gasteiger partial charge in [-0.25, -0.2) is 10.2 Å². The van der Waals surface area contributed by atoms with Gasteiger partial charge in [0.05, 0.1) is 5.71 Å². The summed E-state index contributed by atoms with van der Waals surface area (Å²) in [6, 6.07) is 3.45. The van der Waals surface area contributed by atoms with Crippen LogP contribution in [0.2, 0.25) is 0 Å². The van der Waals surface area contributed by atoms with Gasteiger partial charge in [-0.2, -0.15) is 10.4 Å². The van der Waals surface area contributed by atoms with Gasteiger partial charge in [-0.15, -0.1) is 0 Å². The minimum Gasteiger partial charge on any atom is -0.300 e. The maximum absolute atomic E-state index is 11.9. The van der Waals surface area contributed by atoms with Crippen LogP contribution in [0.1, 0.15) is 25.3 Å². The van der Waals surface area contributed by atoms with Crippen molar-refractivity contribution in [3.8, 4) is 0 Å². The van der Waals surface area contributed by atoms with E-state index in [1.54, 1.807) is 31.5 Å². The highest BCUT2D eigenvalue weighted by atomic mass is 17.1. The molecule has 0 aromatic carbocycles. The lowest BCUT2D eigenvalue weighted by molar-refractivity contribution is -0.244. The first-order valence-corrected chi connectivity index (χ1v) is 5.77. The van der Waals surface area contributed by atoms with Crippen LogP contribution in [-0.4, -0.2) is 27.8 Å². The predicted octanol–water partition coefficient (Wildman–Crippen LogP) is 0.718. The first-order valence-electron chi connectivity index (χ1n) is 5.77. The molecule has 19 heavy (non-hydrogen) atoms. The maximum Gasteiger partial charge on any atom is 0.357 e. The van der Waals surface area contributed by atoms with Gasteiger partial charge >= 0.3 is 5.97 Å². The Morgan fingerprint density at radius 2 is 2.21 bits per heavy atom. The second-order valence-corrected chi connectivity index (χ2v) is 4.23. The van der Waals surface area contributed by atoms with Crippen molar-refractivity contribution in [3.63, 3.8) is 0 Å². The Morgan fingerprint density at radius 1 is 1.53 bits per heavy atom. The zero-order chi connectivity index (χ0) is 13.9. The fourth-order valence-corrected chi connectivity index (χ4v) is 2.02. The standard InChI is InChI=1S/C12H13N3O4/c1-2-12(11(17)19-18)7-9(14-15-10(12)16)8-3-5-13-6-4-8/h3-6,18H,2,7H2,1H3,(H,15,16). The van der Waals surface area contributed by atoms with Gasteiger partial charge in [-0.1, -0.05) is 6.92 Å². The van der Waals surface area contributed by atoms with Crippen molar-refractivity contribution in [1.29, 1.82) is 0 Å². The van der Waals surface area contributed by atoms with Crippen LogP contribution >= 0.6 is 0 Å². The summed E-state index contributed by atoms with van der Waals surface area (Å²) >= 11 is 0. The van der Waals surface area contributed by atoms with E-state index in [0.717, 1.165) is 5.56 Å². The summed E-state index contributed by atoms with van der Waals surface area (Å²) in [4.78, 5) is 31.2. The van der Waals surface area contributed by atoms with Gasteiger partial charge in [0, 0.05) is 24.4 Å². The summed E-state index contributed by atoms with van der Waals surface area (Å²) in [5.74, 6) is -1.55. The van der Waals surface area contributed by atoms with Crippen molar-refractivity contribution >= 4 is 17.6 Å². The first-order chi connectivity index (χ1) is 9.14. The molecule has 0 radical (unpaired) electrons. The fourth-order valence-electron chi connectivity index (χ4n) is 2.02. The molecule has 100 valence electrons. The number of carbonyl (C=O) groups excluding carboxylic acids is 2. The van der Waals surface area contributed by atoms with Crippen LogP contribution in [-0.2, 0) is 14.5 Å². The summed E-state index contributed by atoms with van der Waals surface area (Å²) < 4.78 is 0. The van der Waals surface area contributed by atoms with Crippen LogP contribution in [0.25, 0.3) is 0 Å². The van der Waals surface area contributed by atoms with Gasteiger partial charge in [0.1, 0.15) is 0 Å². The lowest BCUT2D eigenvalue weighted by atomic mass is 9.77. The van der Waals surface area contributed by atoms with Crippen molar-refractivity contribution in [1.82, 2.24) is 10.4 Å². The minimum atomic E-state index is -1.45. The smallest absolute Gasteiger partial charge is 0.300 e. The number of rotatable bonds is 3. The van der Waals surface area contributed by atoms with Crippen LogP contribution < -0.4 is 5.43 Å². The zero-order valence-corrected chi connectivity index (χ0v) is 10.3. The van der Waals surface area contributed by atoms with E-state index in [1.165, 1.54) is 0 Å². The molecule has 7 nitrogen and oxygen atoms in total. The highest BCUT2D eigenvalue weighted by Crippen LogP contribution is 2.32. The van der Waals surface area contributed by atoms with E-state index in [9.17, 15) is 9.59 Å². The third-order valence-corrected chi connectivity index (χ3v) is 3.29. The summed E-state index contributed by atoms with van der Waals surface area (Å²) in [5.41, 5.74) is 2.14. The number of hydrogen-bond acceptors (Lipinski definition) is 6. The SMILES string of the molecule is CCC1(C(=O)OO)CC(c2ccncc2)=NNC1=O. The molecule has 1 atom stereocenters. The van der Waals surface area contributed by atoms with Crippen LogP contribution in [0.4, 0.5) is 0 Å². The van der Waals surface area contributed by atoms with E-state index in [2.05, 4.69) is 20.4 Å². The highest BCUT2D eigenvalue weighted by Gasteiger charge is 2.49. The zero-order valence-electron chi connectivity index (χ0n) is 10.3. The van der Waals surface area contributed by atoms with Gasteiger partial charge in [-0.05, 0) is 18.6 Å². The van der Waals surface area contributed by atoms with Crippen LogP contribution in [0.5, 0.6) is 0 Å². The van der Waals surface area contributed by atoms with Gasteiger partial charge in [0.2, 0.25) is 0 Å². The molecular weight excluding hydrogens is 250 g/mol. The first kappa shape index (κ1) is 13.2. The third-order valence-electron chi connectivity index (χ3n) is 3.29. The molecule has 2 heterocycles. The van der Waals surface area contributed by atoms with Gasteiger partial charge in [-0.3, -0.25) is 14.7 Å². The third kappa shape index (κ3) is 2.19. The molecule has 1 unspecified atom stereocenters. The molecule has 2 rings (SSSR count). The summed E-state index contributed by atoms with van der Waals surface area (Å²) in [6.45, 7) is 1.67. The Labute approximate surface area is 109 Å². The molecule has 0 saturated heterocycles. The monoisotopic (exact) mass is 263 g/mol. The van der Waals surface area contributed by atoms with Crippen molar-refractivity contribution in [2.45, 2.75) is 19.8 Å². The van der Waals surface area contributed by atoms with Crippen LogP contribution in [0.15, 0.2) is 29.6 Å². The largest absolute Gasteiger partial charge is 0.357 e. The van der Waals surface area contributed by atoms with Gasteiger partial charge in [0.25, 0.3) is 5.91 Å². The number of nitrogens with zero attached hydrogens (tertiary/aromatic N) is 2. The number of hydrogen-bond donors (Lipinski definition) is 2. The van der Waals surface area contributed by atoms with E-state index < -0.39 is 17.3 Å². The predicted molar refractivity (Wildman–Crippen MR) is 65.0 cm³/mol. The number of hydrazone groups is 1. The molecular formula is C12H13N3O4. The van der Waals surface area contributed by atoms with Crippen LogP contribution in [0.3, 0.4) is 0 Å². The molecule has 7 heteroatoms. The van der Waals surface area contributed by atoms with E-state index in [0.29, 0.717) is 5.71 Å². The summed E-state index contributed by atoms with van der Waals surface area (Å²) in [6.07, 6.45) is 3.44. The molecule has 0 bridgehead atoms. The molecule has 0 spiro atoms. The molecule has 0 fully saturated rings. The van der Waals surface area contributed by atoms with Crippen molar-refractivity contribution < 1.29 is 19.7 Å². The fraction of sp³-hybridized carbons (Fsp3) is 0.333. The summed E-state index contributed by atoms with van der Waals surface area (Å²) in [5, 5.41) is 12.5. The Hall–Kier alpha value is -2.28. The Bertz CT molecular complexity index is 529. The summed E-state index contributed by atoms with van der Waals surface area (Å²) in [7, 11) is 0. The maximum atomic E-state index is 11.9. The van der Waals surface area contributed by atoms with Crippen molar-refractivity contribution in [3.05, 3.63) is 30.1 Å². The Balaban J connectivity index is 2.38. The average Bonchev–Trinajstić information content (AvgIpc) is 2.48. The molecule has 1 aliphatic rings. The Kier molecular flexibility index (Phi) is 3.57. The normalized spacial score (nSPS) is 22.4. The lowest BCUT2D eigenvalue weighted by Crippen LogP contribution is -2.50. The number of amides is 1. The average molecular weight is 263 g/mol. The molecule has 0 aliphatic carbocycles. The van der Waals surface area contributed by atoms with Crippen molar-refractivity contribution in [2.75, 3.05) is 0 Å². The number of carbonyl (C=O) groups is 2. The molecule has 1 aliphatic heterocycles. The van der Waals surface area contributed by atoms with E-state index >= 15 is 0 Å². The topological polar surface area (TPSA) is 101 Å². The van der Waals surface area contributed by atoms with Gasteiger partial charge < -0.3 is 0 Å². The number of aromatic nitrogens is 1. The van der Waals surface area contributed by atoms with E-state index in [1.807, 2.05) is 0 Å². The second kappa shape index (κ2) is 5.15. The molecule has 1 amide bonds. The van der Waals surface area contributed by atoms with E-state index in [-0.39, 0.29) is 12.8 Å². The highest BCUT2D eigenvalue weighted by molar-refractivity contribution is 6.13. The molecule has 2 N–H and O–H groups in total.